The second-order valence-electron chi connectivity index (χ2n) is 3.71. The van der Waals surface area contributed by atoms with Crippen LogP contribution in [0.5, 0.6) is 0 Å². The summed E-state index contributed by atoms with van der Waals surface area (Å²) in [6.45, 7) is 5.37. The van der Waals surface area contributed by atoms with Gasteiger partial charge in [0.1, 0.15) is 0 Å². The highest BCUT2D eigenvalue weighted by molar-refractivity contribution is 5.85. The van der Waals surface area contributed by atoms with E-state index < -0.39 is 0 Å². The van der Waals surface area contributed by atoms with E-state index >= 15 is 0 Å². The van der Waals surface area contributed by atoms with Crippen LogP contribution in [0.15, 0.2) is 0 Å². The number of nitrogens with one attached hydrogen (secondary N) is 2. The number of likely N-dealkylation sites (N-methyl/N-ethyl adjacent to an activating group) is 1. The Balaban J connectivity index is 3.78. The first kappa shape index (κ1) is 13.9. The van der Waals surface area contributed by atoms with Gasteiger partial charge in [-0.3, -0.25) is 9.59 Å². The van der Waals surface area contributed by atoms with Gasteiger partial charge in [-0.15, -0.1) is 0 Å². The van der Waals surface area contributed by atoms with Crippen molar-refractivity contribution in [1.29, 1.82) is 0 Å². The summed E-state index contributed by atoms with van der Waals surface area (Å²) in [5, 5.41) is 5.69. The van der Waals surface area contributed by atoms with Gasteiger partial charge in [0.15, 0.2) is 0 Å². The largest absolute Gasteiger partial charge is 0.347 e. The Kier molecular flexibility index (Phi) is 6.70. The minimum absolute atomic E-state index is 0.0717. The van der Waals surface area contributed by atoms with Gasteiger partial charge < -0.3 is 15.5 Å². The smallest absolute Gasteiger partial charge is 0.241 e. The number of nitrogens with zero attached hydrogens (tertiary/aromatic N) is 1. The van der Waals surface area contributed by atoms with Crippen molar-refractivity contribution in [3.05, 3.63) is 0 Å². The lowest BCUT2D eigenvalue weighted by molar-refractivity contribution is -0.132. The standard InChI is InChI=1S/C10H21N3O2/c1-5-11-6-8(2)10(15)12-7-9(14)13(3)4/h8,11H,5-7H2,1-4H3,(H,12,15). The van der Waals surface area contributed by atoms with Crippen LogP contribution in [-0.2, 0) is 9.59 Å². The highest BCUT2D eigenvalue weighted by atomic mass is 16.2. The van der Waals surface area contributed by atoms with Crippen molar-refractivity contribution < 1.29 is 9.59 Å². The van der Waals surface area contributed by atoms with Crippen LogP contribution in [0.2, 0.25) is 0 Å². The molecule has 0 aliphatic rings. The molecule has 15 heavy (non-hydrogen) atoms. The van der Waals surface area contributed by atoms with E-state index in [0.29, 0.717) is 6.54 Å². The number of carbonyl (C=O) groups is 2. The van der Waals surface area contributed by atoms with Gasteiger partial charge in [-0.05, 0) is 6.54 Å². The van der Waals surface area contributed by atoms with Crippen LogP contribution < -0.4 is 10.6 Å². The number of hydrogen-bond donors (Lipinski definition) is 2. The first-order chi connectivity index (χ1) is 6.99. The first-order valence-electron chi connectivity index (χ1n) is 5.17. The fourth-order valence-electron chi connectivity index (χ4n) is 0.949. The quantitative estimate of drug-likeness (QED) is 0.624. The fraction of sp³-hybridized carbons (Fsp3) is 0.800. The summed E-state index contributed by atoms with van der Waals surface area (Å²) >= 11 is 0. The molecule has 5 heteroatoms. The minimum Gasteiger partial charge on any atom is -0.347 e. The summed E-state index contributed by atoms with van der Waals surface area (Å²) in [7, 11) is 3.33. The topological polar surface area (TPSA) is 61.4 Å². The molecule has 0 aromatic heterocycles. The Labute approximate surface area is 91.2 Å². The SMILES string of the molecule is CCNCC(C)C(=O)NCC(=O)N(C)C. The number of carbonyl (C=O) groups excluding carboxylic acids is 2. The van der Waals surface area contributed by atoms with Crippen LogP contribution in [0.25, 0.3) is 0 Å². The zero-order valence-electron chi connectivity index (χ0n) is 9.96. The molecule has 1 unspecified atom stereocenters. The molecule has 0 aliphatic heterocycles. The van der Waals surface area contributed by atoms with Gasteiger partial charge in [0.2, 0.25) is 11.8 Å². The summed E-state index contributed by atoms with van der Waals surface area (Å²) in [6.07, 6.45) is 0. The molecule has 1 atom stereocenters. The minimum atomic E-state index is -0.111. The Morgan fingerprint density at radius 3 is 2.40 bits per heavy atom. The van der Waals surface area contributed by atoms with Crippen LogP contribution >= 0.6 is 0 Å². The predicted molar refractivity (Wildman–Crippen MR) is 59.4 cm³/mol. The van der Waals surface area contributed by atoms with Crippen molar-refractivity contribution in [3.63, 3.8) is 0 Å². The third-order valence-corrected chi connectivity index (χ3v) is 2.06. The maximum absolute atomic E-state index is 11.5. The van der Waals surface area contributed by atoms with E-state index in [1.165, 1.54) is 4.90 Å². The fourth-order valence-corrected chi connectivity index (χ4v) is 0.949. The van der Waals surface area contributed by atoms with Crippen LogP contribution in [0.3, 0.4) is 0 Å². The van der Waals surface area contributed by atoms with Gasteiger partial charge >= 0.3 is 0 Å². The second-order valence-corrected chi connectivity index (χ2v) is 3.71. The number of hydrogen-bond acceptors (Lipinski definition) is 3. The maximum Gasteiger partial charge on any atom is 0.241 e. The highest BCUT2D eigenvalue weighted by Gasteiger charge is 2.13. The average Bonchev–Trinajstić information content (AvgIpc) is 2.21. The highest BCUT2D eigenvalue weighted by Crippen LogP contribution is 1.91. The van der Waals surface area contributed by atoms with E-state index in [1.54, 1.807) is 14.1 Å². The molecule has 0 radical (unpaired) electrons. The molecule has 5 nitrogen and oxygen atoms in total. The van der Waals surface area contributed by atoms with Crippen molar-refractivity contribution in [1.82, 2.24) is 15.5 Å². The van der Waals surface area contributed by atoms with Crippen molar-refractivity contribution in [2.45, 2.75) is 13.8 Å². The molecule has 0 saturated carbocycles. The van der Waals surface area contributed by atoms with Crippen LogP contribution in [0.1, 0.15) is 13.8 Å². The van der Waals surface area contributed by atoms with E-state index in [4.69, 9.17) is 0 Å². The van der Waals surface area contributed by atoms with Gasteiger partial charge in [0, 0.05) is 26.6 Å². The first-order valence-corrected chi connectivity index (χ1v) is 5.17. The summed E-state index contributed by atoms with van der Waals surface area (Å²) in [5.74, 6) is -0.301. The lowest BCUT2D eigenvalue weighted by Crippen LogP contribution is -2.40. The maximum atomic E-state index is 11.5. The average molecular weight is 215 g/mol. The van der Waals surface area contributed by atoms with Crippen molar-refractivity contribution in [2.75, 3.05) is 33.7 Å². The van der Waals surface area contributed by atoms with Gasteiger partial charge in [-0.1, -0.05) is 13.8 Å². The Hall–Kier alpha value is -1.10. The molecule has 0 fully saturated rings. The zero-order chi connectivity index (χ0) is 11.8. The summed E-state index contributed by atoms with van der Waals surface area (Å²) in [4.78, 5) is 24.1. The predicted octanol–water partition coefficient (Wildman–Crippen LogP) is -0.564. The third kappa shape index (κ3) is 6.06. The third-order valence-electron chi connectivity index (χ3n) is 2.06. The monoisotopic (exact) mass is 215 g/mol. The van der Waals surface area contributed by atoms with Gasteiger partial charge in [-0.25, -0.2) is 0 Å². The summed E-state index contributed by atoms with van der Waals surface area (Å²) in [6, 6.07) is 0. The molecule has 0 aromatic rings. The Bertz CT molecular complexity index is 217. The molecule has 2 N–H and O–H groups in total. The molecular weight excluding hydrogens is 194 g/mol. The van der Waals surface area contributed by atoms with Crippen molar-refractivity contribution in [3.8, 4) is 0 Å². The number of amides is 2. The normalized spacial score (nSPS) is 12.0. The van der Waals surface area contributed by atoms with Crippen LogP contribution in [-0.4, -0.2) is 50.4 Å². The molecular formula is C10H21N3O2. The van der Waals surface area contributed by atoms with Crippen LogP contribution in [0, 0.1) is 5.92 Å². The molecule has 0 rings (SSSR count). The second kappa shape index (κ2) is 7.23. The van der Waals surface area contributed by atoms with Crippen molar-refractivity contribution in [2.24, 2.45) is 5.92 Å². The molecule has 88 valence electrons. The van der Waals surface area contributed by atoms with E-state index in [-0.39, 0.29) is 24.3 Å². The van der Waals surface area contributed by atoms with Gasteiger partial charge in [0.05, 0.1) is 6.54 Å². The van der Waals surface area contributed by atoms with E-state index in [1.807, 2.05) is 13.8 Å². The van der Waals surface area contributed by atoms with E-state index in [2.05, 4.69) is 10.6 Å². The lowest BCUT2D eigenvalue weighted by Gasteiger charge is -2.14. The summed E-state index contributed by atoms with van der Waals surface area (Å²) in [5.41, 5.74) is 0. The lowest BCUT2D eigenvalue weighted by atomic mass is 10.1. The van der Waals surface area contributed by atoms with Gasteiger partial charge in [0.25, 0.3) is 0 Å². The van der Waals surface area contributed by atoms with Gasteiger partial charge in [-0.2, -0.15) is 0 Å². The molecule has 0 aromatic carbocycles. The Morgan fingerprint density at radius 1 is 1.33 bits per heavy atom. The van der Waals surface area contributed by atoms with Crippen molar-refractivity contribution >= 4 is 11.8 Å². The molecule has 0 saturated heterocycles. The number of rotatable bonds is 6. The van der Waals surface area contributed by atoms with Crippen LogP contribution in [0.4, 0.5) is 0 Å². The Morgan fingerprint density at radius 2 is 1.93 bits per heavy atom. The molecule has 0 aliphatic carbocycles. The molecule has 0 bridgehead atoms. The zero-order valence-corrected chi connectivity index (χ0v) is 9.96. The molecule has 0 spiro atoms. The van der Waals surface area contributed by atoms with E-state index in [9.17, 15) is 9.59 Å². The molecule has 0 heterocycles. The summed E-state index contributed by atoms with van der Waals surface area (Å²) < 4.78 is 0. The molecule has 2 amide bonds. The van der Waals surface area contributed by atoms with E-state index in [0.717, 1.165) is 6.54 Å².